The number of anilines is 2. The van der Waals surface area contributed by atoms with E-state index in [1.165, 1.54) is 19.3 Å². The molecule has 6 heteroatoms. The Balaban J connectivity index is 1.48. The average molecular weight is 511 g/mol. The molecule has 1 heterocycles. The topological polar surface area (TPSA) is 52.6 Å². The van der Waals surface area contributed by atoms with Crippen molar-refractivity contribution in [3.05, 3.63) is 74.9 Å². The van der Waals surface area contributed by atoms with E-state index in [0.717, 1.165) is 55.4 Å². The van der Waals surface area contributed by atoms with Gasteiger partial charge in [-0.25, -0.2) is 4.98 Å². The molecule has 174 valence electrons. The predicted molar refractivity (Wildman–Crippen MR) is 136 cm³/mol. The van der Waals surface area contributed by atoms with Crippen LogP contribution in [0.3, 0.4) is 0 Å². The van der Waals surface area contributed by atoms with Crippen LogP contribution in [-0.2, 0) is 18.0 Å². The number of aryl methyl sites for hydroxylation is 2. The molecule has 3 aromatic rings. The summed E-state index contributed by atoms with van der Waals surface area (Å²) in [7, 11) is 1.67. The Bertz CT molecular complexity index is 1110. The minimum atomic E-state index is 0.409. The smallest absolute Gasteiger partial charge is 0.145 e. The van der Waals surface area contributed by atoms with Crippen LogP contribution < -0.4 is 14.8 Å². The monoisotopic (exact) mass is 510 g/mol. The Labute approximate surface area is 204 Å². The quantitative estimate of drug-likeness (QED) is 0.330. The second-order valence-corrected chi connectivity index (χ2v) is 9.42. The summed E-state index contributed by atoms with van der Waals surface area (Å²) in [5.41, 5.74) is 6.37. The molecule has 33 heavy (non-hydrogen) atoms. The molecule has 1 N–H and O–H groups in total. The number of nitrogens with zero attached hydrogens (tertiary/aromatic N) is 1. The molecule has 1 aromatic heterocycles. The van der Waals surface area contributed by atoms with Crippen LogP contribution >= 0.6 is 15.9 Å². The number of methoxy groups -OCH3 is 1. The van der Waals surface area contributed by atoms with Crippen molar-refractivity contribution in [2.24, 2.45) is 0 Å². The van der Waals surface area contributed by atoms with Crippen molar-refractivity contribution >= 4 is 27.4 Å². The maximum atomic E-state index is 6.14. The molecular formula is C27H31BrN2O3. The minimum absolute atomic E-state index is 0.409. The summed E-state index contributed by atoms with van der Waals surface area (Å²) in [5.74, 6) is 2.47. The van der Waals surface area contributed by atoms with E-state index in [2.05, 4.69) is 47.2 Å². The molecule has 1 fully saturated rings. The van der Waals surface area contributed by atoms with Crippen molar-refractivity contribution < 1.29 is 14.2 Å². The summed E-state index contributed by atoms with van der Waals surface area (Å²) in [6, 6.07) is 14.1. The summed E-state index contributed by atoms with van der Waals surface area (Å²) >= 11 is 3.70. The number of hydrogen-bond acceptors (Lipinski definition) is 5. The van der Waals surface area contributed by atoms with Gasteiger partial charge >= 0.3 is 0 Å². The molecule has 0 spiro atoms. The van der Waals surface area contributed by atoms with Crippen LogP contribution in [0.5, 0.6) is 11.5 Å². The molecule has 0 saturated heterocycles. The molecule has 1 aliphatic carbocycles. The number of rotatable bonds is 9. The van der Waals surface area contributed by atoms with Crippen molar-refractivity contribution in [2.75, 3.05) is 12.4 Å². The van der Waals surface area contributed by atoms with Crippen LogP contribution in [0.1, 0.15) is 47.2 Å². The Morgan fingerprint density at radius 3 is 2.45 bits per heavy atom. The number of aromatic nitrogens is 1. The molecular weight excluding hydrogens is 480 g/mol. The lowest BCUT2D eigenvalue weighted by molar-refractivity contribution is -0.00898. The van der Waals surface area contributed by atoms with E-state index < -0.39 is 0 Å². The summed E-state index contributed by atoms with van der Waals surface area (Å²) < 4.78 is 18.3. The third kappa shape index (κ3) is 5.68. The van der Waals surface area contributed by atoms with E-state index in [0.29, 0.717) is 19.3 Å². The maximum Gasteiger partial charge on any atom is 0.145 e. The number of ether oxygens (including phenoxy) is 3. The predicted octanol–water partition coefficient (Wildman–Crippen LogP) is 7.17. The largest absolute Gasteiger partial charge is 0.497 e. The Kier molecular flexibility index (Phi) is 7.56. The second kappa shape index (κ2) is 10.6. The molecule has 0 aliphatic heterocycles. The van der Waals surface area contributed by atoms with Gasteiger partial charge in [0.15, 0.2) is 0 Å². The van der Waals surface area contributed by atoms with E-state index in [4.69, 9.17) is 19.2 Å². The molecule has 0 atom stereocenters. The molecule has 0 bridgehead atoms. The van der Waals surface area contributed by atoms with Gasteiger partial charge in [-0.1, -0.05) is 18.2 Å². The first-order valence-corrected chi connectivity index (χ1v) is 12.1. The first kappa shape index (κ1) is 23.6. The lowest BCUT2D eigenvalue weighted by atomic mass is 9.96. The second-order valence-electron chi connectivity index (χ2n) is 8.57. The lowest BCUT2D eigenvalue weighted by Gasteiger charge is -2.26. The van der Waals surface area contributed by atoms with Gasteiger partial charge in [0.1, 0.15) is 23.9 Å². The first-order chi connectivity index (χ1) is 15.9. The van der Waals surface area contributed by atoms with Crippen molar-refractivity contribution in [3.8, 4) is 11.5 Å². The van der Waals surface area contributed by atoms with E-state index >= 15 is 0 Å². The fraction of sp³-hybridized carbons (Fsp3) is 0.370. The van der Waals surface area contributed by atoms with Gasteiger partial charge < -0.3 is 19.5 Å². The number of halogens is 1. The SMILES string of the molecule is COc1ccc(COc2ccc(C)c(Nc3nc(C)c(COC4CCC4)cc3Br)c2C)cc1. The normalized spacial score (nSPS) is 13.5. The van der Waals surface area contributed by atoms with E-state index in [1.54, 1.807) is 7.11 Å². The zero-order valence-corrected chi connectivity index (χ0v) is 21.3. The van der Waals surface area contributed by atoms with E-state index in [9.17, 15) is 0 Å². The molecule has 1 saturated carbocycles. The number of pyridine rings is 1. The molecule has 0 amide bonds. The van der Waals surface area contributed by atoms with Crippen molar-refractivity contribution in [1.29, 1.82) is 0 Å². The van der Waals surface area contributed by atoms with Crippen LogP contribution in [0.2, 0.25) is 0 Å². The number of hydrogen-bond donors (Lipinski definition) is 1. The third-order valence-corrected chi connectivity index (χ3v) is 6.82. The molecule has 1 aliphatic rings. The van der Waals surface area contributed by atoms with Gasteiger partial charge in [-0.2, -0.15) is 0 Å². The van der Waals surface area contributed by atoms with Crippen LogP contribution in [0, 0.1) is 20.8 Å². The number of nitrogens with one attached hydrogen (secondary N) is 1. The van der Waals surface area contributed by atoms with Crippen molar-refractivity contribution in [3.63, 3.8) is 0 Å². The molecule has 0 unspecified atom stereocenters. The minimum Gasteiger partial charge on any atom is -0.497 e. The Morgan fingerprint density at radius 2 is 1.79 bits per heavy atom. The van der Waals surface area contributed by atoms with Gasteiger partial charge in [-0.15, -0.1) is 0 Å². The summed E-state index contributed by atoms with van der Waals surface area (Å²) in [5, 5.41) is 3.52. The summed E-state index contributed by atoms with van der Waals surface area (Å²) in [6.45, 7) is 7.29. The van der Waals surface area contributed by atoms with Gasteiger partial charge in [-0.3, -0.25) is 0 Å². The summed E-state index contributed by atoms with van der Waals surface area (Å²) in [4.78, 5) is 4.82. The van der Waals surface area contributed by atoms with Crippen LogP contribution in [0.15, 0.2) is 46.9 Å². The van der Waals surface area contributed by atoms with Gasteiger partial charge in [0.25, 0.3) is 0 Å². The van der Waals surface area contributed by atoms with Crippen molar-refractivity contribution in [1.82, 2.24) is 4.98 Å². The van der Waals surface area contributed by atoms with Crippen LogP contribution in [0.4, 0.5) is 11.5 Å². The highest BCUT2D eigenvalue weighted by atomic mass is 79.9. The molecule has 4 rings (SSSR count). The Morgan fingerprint density at radius 1 is 1.03 bits per heavy atom. The van der Waals surface area contributed by atoms with Crippen molar-refractivity contribution in [2.45, 2.75) is 59.4 Å². The van der Waals surface area contributed by atoms with Gasteiger partial charge in [-0.05, 0) is 91.4 Å². The maximum absolute atomic E-state index is 6.14. The standard InChI is InChI=1S/C27H31BrN2O3/c1-17-8-13-25(33-15-20-9-11-22(31-4)12-10-20)18(2)26(17)30-27-24(28)14-21(19(3)29-27)16-32-23-6-5-7-23/h8-14,23H,5-7,15-16H2,1-4H3,(H,29,30). The average Bonchev–Trinajstić information content (AvgIpc) is 2.78. The molecule has 0 radical (unpaired) electrons. The highest BCUT2D eigenvalue weighted by Crippen LogP contribution is 2.34. The Hall–Kier alpha value is -2.57. The van der Waals surface area contributed by atoms with E-state index in [-0.39, 0.29) is 0 Å². The molecule has 2 aromatic carbocycles. The fourth-order valence-corrected chi connectivity index (χ4v) is 4.24. The van der Waals surface area contributed by atoms with Gasteiger partial charge in [0.2, 0.25) is 0 Å². The highest BCUT2D eigenvalue weighted by Gasteiger charge is 2.19. The van der Waals surface area contributed by atoms with Crippen LogP contribution in [-0.4, -0.2) is 18.2 Å². The van der Waals surface area contributed by atoms with Gasteiger partial charge in [0.05, 0.1) is 24.3 Å². The van der Waals surface area contributed by atoms with Gasteiger partial charge in [0, 0.05) is 22.5 Å². The zero-order valence-electron chi connectivity index (χ0n) is 19.7. The lowest BCUT2D eigenvalue weighted by Crippen LogP contribution is -2.21. The van der Waals surface area contributed by atoms with E-state index in [1.807, 2.05) is 37.3 Å². The number of benzene rings is 2. The fourth-order valence-electron chi connectivity index (χ4n) is 3.78. The third-order valence-electron chi connectivity index (χ3n) is 6.22. The first-order valence-electron chi connectivity index (χ1n) is 11.3. The zero-order chi connectivity index (χ0) is 23.4. The summed E-state index contributed by atoms with van der Waals surface area (Å²) in [6.07, 6.45) is 4.02. The molecule has 5 nitrogen and oxygen atoms in total. The highest BCUT2D eigenvalue weighted by molar-refractivity contribution is 9.10. The van der Waals surface area contributed by atoms with Crippen LogP contribution in [0.25, 0.3) is 0 Å².